The van der Waals surface area contributed by atoms with Crippen LogP contribution in [0.15, 0.2) is 12.3 Å². The summed E-state index contributed by atoms with van der Waals surface area (Å²) in [6, 6.07) is 1.35. The van der Waals surface area contributed by atoms with Crippen molar-refractivity contribution in [3.05, 3.63) is 18.0 Å². The highest BCUT2D eigenvalue weighted by Crippen LogP contribution is 1.99. The molecule has 1 amide bonds. The van der Waals surface area contributed by atoms with Crippen LogP contribution in [0.4, 0.5) is 0 Å². The lowest BCUT2D eigenvalue weighted by molar-refractivity contribution is 0.0940. The van der Waals surface area contributed by atoms with Gasteiger partial charge in [0.05, 0.1) is 11.0 Å². The molecule has 1 heterocycles. The molecule has 4 N–H and O–H groups in total. The Hall–Kier alpha value is -1.43. The zero-order valence-electron chi connectivity index (χ0n) is 8.49. The Labute approximate surface area is 93.4 Å². The van der Waals surface area contributed by atoms with Crippen LogP contribution in [0.25, 0.3) is 0 Å². The van der Waals surface area contributed by atoms with Gasteiger partial charge in [-0.05, 0) is 12.5 Å². The van der Waals surface area contributed by atoms with Crippen LogP contribution in [0.2, 0.25) is 0 Å². The lowest BCUT2D eigenvalue weighted by Crippen LogP contribution is -2.43. The molecule has 0 aromatic carbocycles. The molecule has 0 saturated heterocycles. The smallest absolute Gasteiger partial charge is 0.269 e. The first-order valence-corrected chi connectivity index (χ1v) is 5.15. The Balaban J connectivity index is 2.59. The van der Waals surface area contributed by atoms with E-state index in [0.29, 0.717) is 10.7 Å². The van der Waals surface area contributed by atoms with Crippen LogP contribution in [0.5, 0.6) is 0 Å². The molecule has 1 unspecified atom stereocenters. The quantitative estimate of drug-likeness (QED) is 0.642. The number of hydrogen-bond donors (Lipinski definition) is 3. The SMILES string of the molecule is CCCC(NC(=O)c1ccn[nH]1)C(N)=S. The fourth-order valence-electron chi connectivity index (χ4n) is 1.19. The fourth-order valence-corrected chi connectivity index (χ4v) is 1.37. The summed E-state index contributed by atoms with van der Waals surface area (Å²) in [5, 5.41) is 9.01. The molecule has 0 fully saturated rings. The first-order chi connectivity index (χ1) is 7.15. The van der Waals surface area contributed by atoms with Crippen molar-refractivity contribution in [2.75, 3.05) is 0 Å². The standard InChI is InChI=1S/C9H14N4OS/c1-2-3-6(8(10)15)12-9(14)7-4-5-11-13-7/h4-6H,2-3H2,1H3,(H2,10,15)(H,11,13)(H,12,14). The molecule has 0 aliphatic heterocycles. The van der Waals surface area contributed by atoms with E-state index in [4.69, 9.17) is 18.0 Å². The monoisotopic (exact) mass is 226 g/mol. The minimum atomic E-state index is -0.249. The summed E-state index contributed by atoms with van der Waals surface area (Å²) < 4.78 is 0. The fraction of sp³-hybridized carbons (Fsp3) is 0.444. The van der Waals surface area contributed by atoms with Crippen LogP contribution in [0.3, 0.4) is 0 Å². The average molecular weight is 226 g/mol. The largest absolute Gasteiger partial charge is 0.392 e. The number of thiocarbonyl (C=S) groups is 1. The maximum atomic E-state index is 11.6. The molecule has 0 aliphatic carbocycles. The maximum Gasteiger partial charge on any atom is 0.269 e. The van der Waals surface area contributed by atoms with Gasteiger partial charge in [-0.2, -0.15) is 5.10 Å². The van der Waals surface area contributed by atoms with Gasteiger partial charge in [-0.25, -0.2) is 0 Å². The number of carbonyl (C=O) groups excluding carboxylic acids is 1. The van der Waals surface area contributed by atoms with E-state index in [1.807, 2.05) is 6.92 Å². The Morgan fingerprint density at radius 1 is 1.80 bits per heavy atom. The minimum absolute atomic E-state index is 0.237. The van der Waals surface area contributed by atoms with Crippen molar-refractivity contribution in [1.29, 1.82) is 0 Å². The highest BCUT2D eigenvalue weighted by Gasteiger charge is 2.15. The van der Waals surface area contributed by atoms with Gasteiger partial charge in [0, 0.05) is 6.20 Å². The number of aromatic nitrogens is 2. The maximum absolute atomic E-state index is 11.6. The van der Waals surface area contributed by atoms with Gasteiger partial charge < -0.3 is 11.1 Å². The van der Waals surface area contributed by atoms with Gasteiger partial charge in [0.1, 0.15) is 5.69 Å². The summed E-state index contributed by atoms with van der Waals surface area (Å²) in [4.78, 5) is 11.9. The number of H-pyrrole nitrogens is 1. The number of aromatic amines is 1. The van der Waals surface area contributed by atoms with Crippen LogP contribution in [-0.4, -0.2) is 27.1 Å². The van der Waals surface area contributed by atoms with E-state index in [1.54, 1.807) is 6.07 Å². The van der Waals surface area contributed by atoms with Crippen molar-refractivity contribution in [1.82, 2.24) is 15.5 Å². The molecule has 0 saturated carbocycles. The van der Waals surface area contributed by atoms with E-state index in [-0.39, 0.29) is 11.9 Å². The van der Waals surface area contributed by atoms with Crippen molar-refractivity contribution >= 4 is 23.1 Å². The summed E-state index contributed by atoms with van der Waals surface area (Å²) in [6.45, 7) is 2.01. The first-order valence-electron chi connectivity index (χ1n) is 4.74. The normalized spacial score (nSPS) is 12.1. The summed E-state index contributed by atoms with van der Waals surface area (Å²) in [5.74, 6) is -0.237. The molecule has 1 aromatic heterocycles. The van der Waals surface area contributed by atoms with E-state index in [2.05, 4.69) is 15.5 Å². The predicted molar refractivity (Wildman–Crippen MR) is 61.5 cm³/mol. The van der Waals surface area contributed by atoms with Gasteiger partial charge in [-0.1, -0.05) is 25.6 Å². The van der Waals surface area contributed by atoms with E-state index >= 15 is 0 Å². The van der Waals surface area contributed by atoms with Crippen molar-refractivity contribution in [3.63, 3.8) is 0 Å². The van der Waals surface area contributed by atoms with Crippen molar-refractivity contribution in [3.8, 4) is 0 Å². The topological polar surface area (TPSA) is 83.8 Å². The highest BCUT2D eigenvalue weighted by molar-refractivity contribution is 7.80. The van der Waals surface area contributed by atoms with Crippen molar-refractivity contribution < 1.29 is 4.79 Å². The second-order valence-electron chi connectivity index (χ2n) is 3.19. The van der Waals surface area contributed by atoms with E-state index < -0.39 is 0 Å². The molecule has 0 radical (unpaired) electrons. The number of nitrogens with zero attached hydrogens (tertiary/aromatic N) is 1. The summed E-state index contributed by atoms with van der Waals surface area (Å²) in [7, 11) is 0. The third-order valence-electron chi connectivity index (χ3n) is 1.97. The zero-order chi connectivity index (χ0) is 11.3. The second-order valence-corrected chi connectivity index (χ2v) is 3.66. The lowest BCUT2D eigenvalue weighted by atomic mass is 10.1. The van der Waals surface area contributed by atoms with Crippen LogP contribution in [0, 0.1) is 0 Å². The van der Waals surface area contributed by atoms with E-state index in [9.17, 15) is 4.79 Å². The number of amides is 1. The average Bonchev–Trinajstić information content (AvgIpc) is 2.69. The Morgan fingerprint density at radius 3 is 3.00 bits per heavy atom. The summed E-state index contributed by atoms with van der Waals surface area (Å²) in [5.41, 5.74) is 5.92. The molecule has 6 heteroatoms. The van der Waals surface area contributed by atoms with E-state index in [1.165, 1.54) is 6.20 Å². The van der Waals surface area contributed by atoms with Gasteiger partial charge in [-0.3, -0.25) is 9.89 Å². The zero-order valence-corrected chi connectivity index (χ0v) is 9.30. The van der Waals surface area contributed by atoms with Gasteiger partial charge in [0.15, 0.2) is 0 Å². The number of hydrogen-bond acceptors (Lipinski definition) is 3. The Kier molecular flexibility index (Phi) is 4.23. The van der Waals surface area contributed by atoms with Gasteiger partial charge >= 0.3 is 0 Å². The molecular formula is C9H14N4OS. The lowest BCUT2D eigenvalue weighted by Gasteiger charge is -2.15. The highest BCUT2D eigenvalue weighted by atomic mass is 32.1. The second kappa shape index (κ2) is 5.45. The molecular weight excluding hydrogens is 212 g/mol. The molecule has 1 rings (SSSR count). The molecule has 1 atom stereocenters. The number of rotatable bonds is 5. The third kappa shape index (κ3) is 3.32. The number of carbonyl (C=O) groups is 1. The van der Waals surface area contributed by atoms with Crippen LogP contribution < -0.4 is 11.1 Å². The third-order valence-corrected chi connectivity index (χ3v) is 2.26. The van der Waals surface area contributed by atoms with E-state index in [0.717, 1.165) is 12.8 Å². The number of nitrogens with two attached hydrogens (primary N) is 1. The van der Waals surface area contributed by atoms with Crippen LogP contribution in [0.1, 0.15) is 30.3 Å². The van der Waals surface area contributed by atoms with Crippen molar-refractivity contribution in [2.45, 2.75) is 25.8 Å². The van der Waals surface area contributed by atoms with Gasteiger partial charge in [0.2, 0.25) is 0 Å². The summed E-state index contributed by atoms with van der Waals surface area (Å²) >= 11 is 4.87. The van der Waals surface area contributed by atoms with Crippen LogP contribution in [-0.2, 0) is 0 Å². The molecule has 82 valence electrons. The Bertz CT molecular complexity index is 336. The molecule has 0 aliphatic rings. The Morgan fingerprint density at radius 2 is 2.53 bits per heavy atom. The van der Waals surface area contributed by atoms with Crippen LogP contribution >= 0.6 is 12.2 Å². The molecule has 0 bridgehead atoms. The molecule has 0 spiro atoms. The molecule has 15 heavy (non-hydrogen) atoms. The molecule has 1 aromatic rings. The predicted octanol–water partition coefficient (Wildman–Crippen LogP) is 0.594. The van der Waals surface area contributed by atoms with Gasteiger partial charge in [-0.15, -0.1) is 0 Å². The first kappa shape index (κ1) is 11.6. The number of nitrogens with one attached hydrogen (secondary N) is 2. The van der Waals surface area contributed by atoms with Crippen molar-refractivity contribution in [2.24, 2.45) is 5.73 Å². The molecule has 5 nitrogen and oxygen atoms in total. The van der Waals surface area contributed by atoms with Gasteiger partial charge in [0.25, 0.3) is 5.91 Å². The minimum Gasteiger partial charge on any atom is -0.392 e. The summed E-state index contributed by atoms with van der Waals surface area (Å²) in [6.07, 6.45) is 3.17.